The van der Waals surface area contributed by atoms with Crippen LogP contribution < -0.4 is 10.0 Å². The average molecular weight is 332 g/mol. The fourth-order valence-electron chi connectivity index (χ4n) is 1.48. The third kappa shape index (κ3) is 4.00. The van der Waals surface area contributed by atoms with Gasteiger partial charge in [0.25, 0.3) is 0 Å². The fraction of sp³-hybridized carbons (Fsp3) is 0.0833. The number of sulfonamides is 1. The molecule has 0 saturated carbocycles. The predicted octanol–water partition coefficient (Wildman–Crippen LogP) is 3.50. The molecule has 1 aromatic carbocycles. The van der Waals surface area contributed by atoms with Crippen LogP contribution in [0.3, 0.4) is 0 Å². The van der Waals surface area contributed by atoms with Gasteiger partial charge >= 0.3 is 0 Å². The quantitative estimate of drug-likeness (QED) is 0.899. The first-order valence-corrected chi connectivity index (χ1v) is 8.15. The zero-order chi connectivity index (χ0) is 14.8. The molecule has 0 aliphatic heterocycles. The maximum atomic E-state index is 11.1. The number of anilines is 3. The molecule has 1 aromatic heterocycles. The summed E-state index contributed by atoms with van der Waals surface area (Å²) in [5.41, 5.74) is 1.21. The molecule has 0 unspecified atom stereocenters. The molecule has 106 valence electrons. The molecule has 0 radical (unpaired) electrons. The van der Waals surface area contributed by atoms with E-state index < -0.39 is 10.0 Å². The lowest BCUT2D eigenvalue weighted by atomic mass is 10.3. The van der Waals surface area contributed by atoms with E-state index in [4.69, 9.17) is 23.2 Å². The Bertz CT molecular complexity index is 698. The molecule has 0 amide bonds. The van der Waals surface area contributed by atoms with Crippen LogP contribution in [-0.2, 0) is 10.0 Å². The molecule has 8 heteroatoms. The van der Waals surface area contributed by atoms with E-state index in [0.717, 1.165) is 6.26 Å². The highest BCUT2D eigenvalue weighted by Crippen LogP contribution is 2.32. The molecule has 0 saturated heterocycles. The summed E-state index contributed by atoms with van der Waals surface area (Å²) < 4.78 is 24.4. The largest absolute Gasteiger partial charge is 0.352 e. The summed E-state index contributed by atoms with van der Waals surface area (Å²) in [4.78, 5) is 3.98. The van der Waals surface area contributed by atoms with Crippen LogP contribution in [0.1, 0.15) is 0 Å². The molecule has 0 aliphatic rings. The Balaban J connectivity index is 2.19. The van der Waals surface area contributed by atoms with Gasteiger partial charge in [0, 0.05) is 0 Å². The van der Waals surface area contributed by atoms with Gasteiger partial charge in [0.2, 0.25) is 10.0 Å². The van der Waals surface area contributed by atoms with Gasteiger partial charge in [0.15, 0.2) is 0 Å². The molecule has 20 heavy (non-hydrogen) atoms. The number of pyridine rings is 1. The Morgan fingerprint density at radius 1 is 1.10 bits per heavy atom. The normalized spacial score (nSPS) is 11.2. The number of halogens is 2. The Hall–Kier alpha value is -1.50. The summed E-state index contributed by atoms with van der Waals surface area (Å²) in [6.07, 6.45) is 2.54. The van der Waals surface area contributed by atoms with E-state index in [9.17, 15) is 8.42 Å². The highest BCUT2D eigenvalue weighted by Gasteiger charge is 2.07. The molecular formula is C12H11Cl2N3O2S. The summed E-state index contributed by atoms with van der Waals surface area (Å²) in [7, 11) is -3.34. The first kappa shape index (κ1) is 14.9. The van der Waals surface area contributed by atoms with E-state index in [2.05, 4.69) is 15.0 Å². The predicted molar refractivity (Wildman–Crippen MR) is 82.4 cm³/mol. The number of para-hydroxylation sites is 1. The number of aromatic nitrogens is 1. The molecule has 2 N–H and O–H groups in total. The Labute approximate surface area is 127 Å². The summed E-state index contributed by atoms with van der Waals surface area (Å²) >= 11 is 12.1. The van der Waals surface area contributed by atoms with Gasteiger partial charge in [-0.1, -0.05) is 29.3 Å². The standard InChI is InChI=1S/C12H11Cl2N3O2S/c1-20(18,19)17-11-6-5-8(7-15-11)16-12-9(13)3-2-4-10(12)14/h2-7,16H,1H3,(H,15,17). The number of rotatable bonds is 4. The minimum absolute atomic E-state index is 0.239. The molecule has 5 nitrogen and oxygen atoms in total. The van der Waals surface area contributed by atoms with Gasteiger partial charge in [-0.05, 0) is 24.3 Å². The molecule has 0 fully saturated rings. The summed E-state index contributed by atoms with van der Waals surface area (Å²) in [5, 5.41) is 3.99. The zero-order valence-electron chi connectivity index (χ0n) is 10.4. The maximum absolute atomic E-state index is 11.1. The van der Waals surface area contributed by atoms with Crippen molar-refractivity contribution in [3.8, 4) is 0 Å². The van der Waals surface area contributed by atoms with Gasteiger partial charge in [-0.3, -0.25) is 4.72 Å². The molecule has 2 aromatic rings. The van der Waals surface area contributed by atoms with Crippen molar-refractivity contribution in [1.82, 2.24) is 4.98 Å². The van der Waals surface area contributed by atoms with Crippen LogP contribution in [0.5, 0.6) is 0 Å². The van der Waals surface area contributed by atoms with Crippen molar-refractivity contribution in [2.24, 2.45) is 0 Å². The number of nitrogens with zero attached hydrogens (tertiary/aromatic N) is 1. The van der Waals surface area contributed by atoms with Crippen LogP contribution in [0, 0.1) is 0 Å². The van der Waals surface area contributed by atoms with E-state index in [0.29, 0.717) is 21.4 Å². The zero-order valence-corrected chi connectivity index (χ0v) is 12.7. The molecule has 0 bridgehead atoms. The minimum atomic E-state index is -3.34. The van der Waals surface area contributed by atoms with Gasteiger partial charge < -0.3 is 5.32 Å². The minimum Gasteiger partial charge on any atom is -0.352 e. The third-order valence-corrected chi connectivity index (χ3v) is 3.50. The smallest absolute Gasteiger partial charge is 0.230 e. The van der Waals surface area contributed by atoms with E-state index in [1.54, 1.807) is 24.3 Å². The molecule has 1 heterocycles. The van der Waals surface area contributed by atoms with E-state index in [1.165, 1.54) is 12.3 Å². The van der Waals surface area contributed by atoms with Crippen LogP contribution in [0.25, 0.3) is 0 Å². The number of nitrogens with one attached hydrogen (secondary N) is 2. The summed E-state index contributed by atoms with van der Waals surface area (Å²) in [6.45, 7) is 0. The Morgan fingerprint density at radius 2 is 1.75 bits per heavy atom. The van der Waals surface area contributed by atoms with Gasteiger partial charge in [-0.15, -0.1) is 0 Å². The van der Waals surface area contributed by atoms with E-state index in [-0.39, 0.29) is 5.82 Å². The van der Waals surface area contributed by atoms with E-state index in [1.807, 2.05) is 0 Å². The second-order valence-corrected chi connectivity index (χ2v) is 6.59. The maximum Gasteiger partial charge on any atom is 0.230 e. The monoisotopic (exact) mass is 331 g/mol. The molecule has 0 atom stereocenters. The van der Waals surface area contributed by atoms with Crippen molar-refractivity contribution in [2.75, 3.05) is 16.3 Å². The summed E-state index contributed by atoms with van der Waals surface area (Å²) in [6, 6.07) is 8.37. The molecule has 2 rings (SSSR count). The first-order valence-electron chi connectivity index (χ1n) is 5.50. The topological polar surface area (TPSA) is 71.1 Å². The molecule has 0 spiro atoms. The summed E-state index contributed by atoms with van der Waals surface area (Å²) in [5.74, 6) is 0.239. The van der Waals surface area contributed by atoms with E-state index >= 15 is 0 Å². The first-order chi connectivity index (χ1) is 9.35. The average Bonchev–Trinajstić information content (AvgIpc) is 2.34. The highest BCUT2D eigenvalue weighted by molar-refractivity contribution is 7.92. The van der Waals surface area contributed by atoms with Gasteiger partial charge in [0.1, 0.15) is 5.82 Å². The van der Waals surface area contributed by atoms with Crippen LogP contribution in [-0.4, -0.2) is 19.7 Å². The van der Waals surface area contributed by atoms with Gasteiger partial charge in [-0.25, -0.2) is 13.4 Å². The lowest BCUT2D eigenvalue weighted by molar-refractivity contribution is 0.606. The fourth-order valence-corrected chi connectivity index (χ4v) is 2.47. The van der Waals surface area contributed by atoms with Crippen molar-refractivity contribution in [3.63, 3.8) is 0 Å². The second-order valence-electron chi connectivity index (χ2n) is 4.03. The molecule has 0 aliphatic carbocycles. The van der Waals surface area contributed by atoms with Crippen molar-refractivity contribution < 1.29 is 8.42 Å². The SMILES string of the molecule is CS(=O)(=O)Nc1ccc(Nc2c(Cl)cccc2Cl)cn1. The third-order valence-electron chi connectivity index (χ3n) is 2.29. The Kier molecular flexibility index (Phi) is 4.37. The van der Waals surface area contributed by atoms with Crippen LogP contribution in [0.15, 0.2) is 36.5 Å². The number of hydrogen-bond acceptors (Lipinski definition) is 4. The lowest BCUT2D eigenvalue weighted by Crippen LogP contribution is -2.10. The lowest BCUT2D eigenvalue weighted by Gasteiger charge is -2.10. The number of benzene rings is 1. The van der Waals surface area contributed by atoms with Crippen molar-refractivity contribution in [3.05, 3.63) is 46.6 Å². The highest BCUT2D eigenvalue weighted by atomic mass is 35.5. The van der Waals surface area contributed by atoms with Gasteiger partial charge in [0.05, 0.1) is 33.9 Å². The van der Waals surface area contributed by atoms with Crippen LogP contribution in [0.2, 0.25) is 10.0 Å². The van der Waals surface area contributed by atoms with Crippen LogP contribution >= 0.6 is 23.2 Å². The Morgan fingerprint density at radius 3 is 2.25 bits per heavy atom. The van der Waals surface area contributed by atoms with Crippen molar-refractivity contribution in [1.29, 1.82) is 0 Å². The molecular weight excluding hydrogens is 321 g/mol. The van der Waals surface area contributed by atoms with Crippen LogP contribution in [0.4, 0.5) is 17.2 Å². The van der Waals surface area contributed by atoms with Crippen molar-refractivity contribution >= 4 is 50.4 Å². The van der Waals surface area contributed by atoms with Crippen molar-refractivity contribution in [2.45, 2.75) is 0 Å². The number of hydrogen-bond donors (Lipinski definition) is 2. The van der Waals surface area contributed by atoms with Gasteiger partial charge in [-0.2, -0.15) is 0 Å². The second kappa shape index (κ2) is 5.87.